The van der Waals surface area contributed by atoms with Gasteiger partial charge in [-0.2, -0.15) is 0 Å². The Balaban J connectivity index is 0.000000461. The van der Waals surface area contributed by atoms with Crippen LogP contribution in [0.4, 0.5) is 0 Å². The van der Waals surface area contributed by atoms with Gasteiger partial charge in [0.05, 0.1) is 6.61 Å². The number of hydrogen-bond donors (Lipinski definition) is 0. The third-order valence-corrected chi connectivity index (χ3v) is 2.31. The first kappa shape index (κ1) is 11.1. The van der Waals surface area contributed by atoms with Crippen molar-refractivity contribution in [1.82, 2.24) is 0 Å². The van der Waals surface area contributed by atoms with E-state index < -0.39 is 0 Å². The molecule has 2 rings (SSSR count). The largest absolute Gasteiger partial charge is 0.493 e. The van der Waals surface area contributed by atoms with E-state index in [1.807, 2.05) is 13.8 Å². The fraction of sp³-hybridized carbons (Fsp3) is 0.538. The first-order chi connectivity index (χ1) is 6.75. The average molecular weight is 192 g/mol. The summed E-state index contributed by atoms with van der Waals surface area (Å²) < 4.78 is 5.59. The van der Waals surface area contributed by atoms with Crippen LogP contribution in [0.5, 0.6) is 5.75 Å². The molecule has 0 radical (unpaired) electrons. The highest BCUT2D eigenvalue weighted by molar-refractivity contribution is 5.38. The SMILES string of the molecule is CC.Cc1ccc2c(c1)CC(C)CO2. The van der Waals surface area contributed by atoms with Crippen LogP contribution in [0.3, 0.4) is 0 Å². The summed E-state index contributed by atoms with van der Waals surface area (Å²) in [5.41, 5.74) is 2.69. The smallest absolute Gasteiger partial charge is 0.122 e. The van der Waals surface area contributed by atoms with Gasteiger partial charge < -0.3 is 4.74 Å². The van der Waals surface area contributed by atoms with Crippen molar-refractivity contribution in [2.45, 2.75) is 34.1 Å². The van der Waals surface area contributed by atoms with Gasteiger partial charge in [0, 0.05) is 0 Å². The minimum atomic E-state index is 0.666. The summed E-state index contributed by atoms with van der Waals surface area (Å²) in [6, 6.07) is 6.41. The lowest BCUT2D eigenvalue weighted by Gasteiger charge is -2.22. The van der Waals surface area contributed by atoms with E-state index in [4.69, 9.17) is 4.74 Å². The zero-order valence-corrected chi connectivity index (χ0v) is 9.63. The standard InChI is InChI=1S/C11H14O.C2H6/c1-8-3-4-11-10(5-8)6-9(2)7-12-11;1-2/h3-5,9H,6-7H2,1-2H3;1-2H3. The molecule has 0 bridgehead atoms. The van der Waals surface area contributed by atoms with Crippen LogP contribution in [0.15, 0.2) is 18.2 Å². The monoisotopic (exact) mass is 192 g/mol. The normalized spacial score (nSPS) is 18.7. The molecule has 0 aromatic heterocycles. The molecule has 1 heteroatoms. The molecule has 1 aromatic rings. The third-order valence-electron chi connectivity index (χ3n) is 2.31. The molecule has 0 N–H and O–H groups in total. The van der Waals surface area contributed by atoms with Crippen molar-refractivity contribution >= 4 is 0 Å². The summed E-state index contributed by atoms with van der Waals surface area (Å²) in [4.78, 5) is 0. The molecule has 0 spiro atoms. The molecule has 0 amide bonds. The molecular weight excluding hydrogens is 172 g/mol. The van der Waals surface area contributed by atoms with Crippen molar-refractivity contribution in [3.05, 3.63) is 29.3 Å². The molecule has 0 saturated carbocycles. The topological polar surface area (TPSA) is 9.23 Å². The second-order valence-electron chi connectivity index (χ2n) is 3.73. The maximum Gasteiger partial charge on any atom is 0.122 e. The molecule has 1 aliphatic heterocycles. The van der Waals surface area contributed by atoms with Crippen molar-refractivity contribution in [3.63, 3.8) is 0 Å². The fourth-order valence-corrected chi connectivity index (χ4v) is 1.67. The zero-order chi connectivity index (χ0) is 10.6. The maximum atomic E-state index is 5.59. The van der Waals surface area contributed by atoms with Crippen molar-refractivity contribution < 1.29 is 4.74 Å². The molecule has 1 heterocycles. The van der Waals surface area contributed by atoms with Crippen LogP contribution in [0.25, 0.3) is 0 Å². The van der Waals surface area contributed by atoms with E-state index in [-0.39, 0.29) is 0 Å². The molecule has 78 valence electrons. The summed E-state index contributed by atoms with van der Waals surface area (Å²) >= 11 is 0. The van der Waals surface area contributed by atoms with Crippen LogP contribution in [-0.2, 0) is 6.42 Å². The van der Waals surface area contributed by atoms with Gasteiger partial charge in [-0.1, -0.05) is 38.5 Å². The summed E-state index contributed by atoms with van der Waals surface area (Å²) in [6.45, 7) is 9.22. The van der Waals surface area contributed by atoms with Gasteiger partial charge in [-0.15, -0.1) is 0 Å². The summed E-state index contributed by atoms with van der Waals surface area (Å²) in [5.74, 6) is 1.75. The van der Waals surface area contributed by atoms with Gasteiger partial charge >= 0.3 is 0 Å². The molecule has 0 saturated heterocycles. The van der Waals surface area contributed by atoms with Gasteiger partial charge in [0.1, 0.15) is 5.75 Å². The first-order valence-corrected chi connectivity index (χ1v) is 5.48. The lowest BCUT2D eigenvalue weighted by molar-refractivity contribution is 0.234. The highest BCUT2D eigenvalue weighted by atomic mass is 16.5. The summed E-state index contributed by atoms with van der Waals surface area (Å²) in [7, 11) is 0. The van der Waals surface area contributed by atoms with E-state index in [0.717, 1.165) is 18.8 Å². The second kappa shape index (κ2) is 5.04. The van der Waals surface area contributed by atoms with Gasteiger partial charge in [0.2, 0.25) is 0 Å². The van der Waals surface area contributed by atoms with Gasteiger partial charge in [0.15, 0.2) is 0 Å². The Labute approximate surface area is 87.1 Å². The number of benzene rings is 1. The number of fused-ring (bicyclic) bond motifs is 1. The first-order valence-electron chi connectivity index (χ1n) is 5.48. The molecule has 1 nitrogen and oxygen atoms in total. The number of aryl methyl sites for hydroxylation is 1. The van der Waals surface area contributed by atoms with Crippen LogP contribution in [-0.4, -0.2) is 6.61 Å². The quantitative estimate of drug-likeness (QED) is 0.610. The van der Waals surface area contributed by atoms with Crippen LogP contribution in [0.2, 0.25) is 0 Å². The van der Waals surface area contributed by atoms with Gasteiger partial charge in [-0.3, -0.25) is 0 Å². The number of rotatable bonds is 0. The highest BCUT2D eigenvalue weighted by Crippen LogP contribution is 2.27. The van der Waals surface area contributed by atoms with Crippen molar-refractivity contribution in [1.29, 1.82) is 0 Å². The van der Waals surface area contributed by atoms with E-state index in [1.165, 1.54) is 11.1 Å². The predicted molar refractivity (Wildman–Crippen MR) is 60.9 cm³/mol. The Hall–Kier alpha value is -0.980. The van der Waals surface area contributed by atoms with Crippen LogP contribution in [0, 0.1) is 12.8 Å². The van der Waals surface area contributed by atoms with Crippen LogP contribution >= 0.6 is 0 Å². The van der Waals surface area contributed by atoms with Crippen LogP contribution in [0.1, 0.15) is 31.9 Å². The number of hydrogen-bond acceptors (Lipinski definition) is 1. The lowest BCUT2D eigenvalue weighted by atomic mass is 9.97. The summed E-state index contributed by atoms with van der Waals surface area (Å²) in [6.07, 6.45) is 1.16. The molecule has 1 aromatic carbocycles. The molecule has 1 atom stereocenters. The molecular formula is C13H20O. The highest BCUT2D eigenvalue weighted by Gasteiger charge is 2.15. The second-order valence-corrected chi connectivity index (χ2v) is 3.73. The van der Waals surface area contributed by atoms with E-state index in [0.29, 0.717) is 5.92 Å². The Morgan fingerprint density at radius 1 is 1.29 bits per heavy atom. The Kier molecular flexibility index (Phi) is 3.99. The number of ether oxygens (including phenoxy) is 1. The lowest BCUT2D eigenvalue weighted by Crippen LogP contribution is -2.17. The predicted octanol–water partition coefficient (Wildman–Crippen LogP) is 3.59. The van der Waals surface area contributed by atoms with E-state index in [2.05, 4.69) is 32.0 Å². The van der Waals surface area contributed by atoms with E-state index in [1.54, 1.807) is 0 Å². The maximum absolute atomic E-state index is 5.59. The molecule has 1 aliphatic rings. The van der Waals surface area contributed by atoms with Crippen molar-refractivity contribution in [2.24, 2.45) is 5.92 Å². The van der Waals surface area contributed by atoms with Gasteiger partial charge in [-0.05, 0) is 30.9 Å². The van der Waals surface area contributed by atoms with E-state index >= 15 is 0 Å². The Morgan fingerprint density at radius 2 is 2.00 bits per heavy atom. The molecule has 0 aliphatic carbocycles. The average Bonchev–Trinajstić information content (AvgIpc) is 2.20. The zero-order valence-electron chi connectivity index (χ0n) is 9.63. The molecule has 1 unspecified atom stereocenters. The fourth-order valence-electron chi connectivity index (χ4n) is 1.67. The van der Waals surface area contributed by atoms with Crippen LogP contribution < -0.4 is 4.74 Å². The van der Waals surface area contributed by atoms with Gasteiger partial charge in [-0.25, -0.2) is 0 Å². The minimum Gasteiger partial charge on any atom is -0.493 e. The Bertz CT molecular complexity index is 291. The van der Waals surface area contributed by atoms with Crippen molar-refractivity contribution in [2.75, 3.05) is 6.61 Å². The third kappa shape index (κ3) is 2.50. The minimum absolute atomic E-state index is 0.666. The van der Waals surface area contributed by atoms with Crippen molar-refractivity contribution in [3.8, 4) is 5.75 Å². The molecule has 14 heavy (non-hydrogen) atoms. The summed E-state index contributed by atoms with van der Waals surface area (Å²) in [5, 5.41) is 0. The Morgan fingerprint density at radius 3 is 2.71 bits per heavy atom. The van der Waals surface area contributed by atoms with E-state index in [9.17, 15) is 0 Å². The van der Waals surface area contributed by atoms with Gasteiger partial charge in [0.25, 0.3) is 0 Å². The molecule has 0 fully saturated rings.